The molecule has 1 aromatic rings. The fraction of sp³-hybridized carbons (Fsp3) is 0.500. The van der Waals surface area contributed by atoms with E-state index in [1.54, 1.807) is 0 Å². The zero-order valence-electron chi connectivity index (χ0n) is 10.1. The first-order valence-corrected chi connectivity index (χ1v) is 8.55. The van der Waals surface area contributed by atoms with Crippen LogP contribution in [-0.2, 0) is 10.1 Å². The van der Waals surface area contributed by atoms with Crippen molar-refractivity contribution in [2.24, 2.45) is 0 Å². The van der Waals surface area contributed by atoms with Crippen LogP contribution in [-0.4, -0.2) is 26.0 Å². The Labute approximate surface area is 110 Å². The SMILES string of the molecule is O=C(O)CCCCCC[Se]Cc1ccccc1. The summed E-state index contributed by atoms with van der Waals surface area (Å²) < 4.78 is 0. The normalized spacial score (nSPS) is 10.4. The standard InChI is InChI=1S/C14H20O2Se/c15-14(16)10-6-1-2-7-11-17-12-13-8-4-3-5-9-13/h3-5,8-9H,1-2,6-7,10-12H2,(H,15,16). The van der Waals surface area contributed by atoms with E-state index < -0.39 is 5.97 Å². The topological polar surface area (TPSA) is 37.3 Å². The molecule has 0 atom stereocenters. The molecule has 0 saturated heterocycles. The van der Waals surface area contributed by atoms with Crippen LogP contribution >= 0.6 is 0 Å². The third-order valence-corrected chi connectivity index (χ3v) is 4.88. The second kappa shape index (κ2) is 9.26. The van der Waals surface area contributed by atoms with Gasteiger partial charge < -0.3 is 0 Å². The molecule has 0 heterocycles. The molecule has 0 aliphatic rings. The van der Waals surface area contributed by atoms with Gasteiger partial charge in [-0.2, -0.15) is 0 Å². The molecule has 94 valence electrons. The summed E-state index contributed by atoms with van der Waals surface area (Å²) in [7, 11) is 0. The minimum absolute atomic E-state index is 0.329. The third-order valence-electron chi connectivity index (χ3n) is 2.54. The van der Waals surface area contributed by atoms with E-state index in [0.717, 1.165) is 12.8 Å². The van der Waals surface area contributed by atoms with Crippen LogP contribution in [0.5, 0.6) is 0 Å². The second-order valence-corrected chi connectivity index (χ2v) is 6.41. The van der Waals surface area contributed by atoms with Crippen LogP contribution in [0.4, 0.5) is 0 Å². The number of hydrogen-bond donors (Lipinski definition) is 1. The quantitative estimate of drug-likeness (QED) is 0.561. The summed E-state index contributed by atoms with van der Waals surface area (Å²) in [5.74, 6) is -0.668. The number of rotatable bonds is 9. The predicted molar refractivity (Wildman–Crippen MR) is 71.4 cm³/mol. The molecule has 0 bridgehead atoms. The van der Waals surface area contributed by atoms with Crippen molar-refractivity contribution in [2.75, 3.05) is 0 Å². The van der Waals surface area contributed by atoms with Crippen LogP contribution < -0.4 is 0 Å². The van der Waals surface area contributed by atoms with Gasteiger partial charge in [0.15, 0.2) is 0 Å². The molecule has 0 aliphatic carbocycles. The number of benzene rings is 1. The Morgan fingerprint density at radius 2 is 1.76 bits per heavy atom. The van der Waals surface area contributed by atoms with Crippen molar-refractivity contribution in [3.63, 3.8) is 0 Å². The molecule has 2 nitrogen and oxygen atoms in total. The molecule has 1 rings (SSSR count). The minimum atomic E-state index is -0.668. The fourth-order valence-electron chi connectivity index (χ4n) is 1.60. The molecule has 0 unspecified atom stereocenters. The summed E-state index contributed by atoms with van der Waals surface area (Å²) in [5.41, 5.74) is 1.44. The van der Waals surface area contributed by atoms with Gasteiger partial charge in [0.25, 0.3) is 0 Å². The van der Waals surface area contributed by atoms with Crippen LogP contribution in [0.25, 0.3) is 0 Å². The van der Waals surface area contributed by atoms with Crippen molar-refractivity contribution in [3.05, 3.63) is 35.9 Å². The summed E-state index contributed by atoms with van der Waals surface area (Å²) in [5, 5.41) is 11.0. The molecule has 1 N–H and O–H groups in total. The van der Waals surface area contributed by atoms with Crippen LogP contribution in [0.2, 0.25) is 5.32 Å². The zero-order chi connectivity index (χ0) is 12.3. The number of carboxylic acid groups (broad SMARTS) is 1. The summed E-state index contributed by atoms with van der Waals surface area (Å²) >= 11 is 0.703. The van der Waals surface area contributed by atoms with E-state index in [4.69, 9.17) is 5.11 Å². The first-order chi connectivity index (χ1) is 8.29. The molecule has 0 spiro atoms. The van der Waals surface area contributed by atoms with E-state index in [-0.39, 0.29) is 0 Å². The maximum atomic E-state index is 10.3. The first kappa shape index (κ1) is 14.3. The Kier molecular flexibility index (Phi) is 7.77. The van der Waals surface area contributed by atoms with Gasteiger partial charge in [-0.25, -0.2) is 0 Å². The van der Waals surface area contributed by atoms with Gasteiger partial charge in [0.1, 0.15) is 0 Å². The molecular weight excluding hydrogens is 279 g/mol. The molecule has 1 aromatic carbocycles. The maximum absolute atomic E-state index is 10.3. The number of carbonyl (C=O) groups is 1. The molecule has 0 amide bonds. The van der Waals surface area contributed by atoms with E-state index >= 15 is 0 Å². The molecule has 3 heteroatoms. The molecule has 17 heavy (non-hydrogen) atoms. The number of aliphatic carboxylic acids is 1. The monoisotopic (exact) mass is 300 g/mol. The summed E-state index contributed by atoms with van der Waals surface area (Å²) in [6, 6.07) is 10.6. The van der Waals surface area contributed by atoms with Crippen molar-refractivity contribution in [1.29, 1.82) is 0 Å². The van der Waals surface area contributed by atoms with E-state index in [2.05, 4.69) is 30.3 Å². The van der Waals surface area contributed by atoms with Crippen molar-refractivity contribution < 1.29 is 9.90 Å². The van der Waals surface area contributed by atoms with Gasteiger partial charge >= 0.3 is 109 Å². The summed E-state index contributed by atoms with van der Waals surface area (Å²) in [6.07, 6.45) is 4.67. The number of carboxylic acids is 1. The third kappa shape index (κ3) is 8.00. The summed E-state index contributed by atoms with van der Waals surface area (Å²) in [6.45, 7) is 0. The van der Waals surface area contributed by atoms with E-state index in [9.17, 15) is 4.79 Å². The molecule has 0 radical (unpaired) electrons. The number of unbranched alkanes of at least 4 members (excludes halogenated alkanes) is 3. The van der Waals surface area contributed by atoms with Crippen LogP contribution in [0, 0.1) is 0 Å². The predicted octanol–water partition coefficient (Wildman–Crippen LogP) is 3.34. The molecular formula is C14H20O2Se. The second-order valence-electron chi connectivity index (χ2n) is 4.10. The zero-order valence-corrected chi connectivity index (χ0v) is 11.8. The molecule has 0 saturated carbocycles. The molecule has 0 fully saturated rings. The Morgan fingerprint density at radius 1 is 1.06 bits per heavy atom. The summed E-state index contributed by atoms with van der Waals surface area (Å²) in [4.78, 5) is 10.3. The van der Waals surface area contributed by atoms with Crippen LogP contribution in [0.3, 0.4) is 0 Å². The fourth-order valence-corrected chi connectivity index (χ4v) is 3.66. The van der Waals surface area contributed by atoms with Gasteiger partial charge in [-0.1, -0.05) is 0 Å². The Balaban J connectivity index is 1.90. The Hall–Kier alpha value is -0.791. The van der Waals surface area contributed by atoms with Crippen molar-refractivity contribution in [3.8, 4) is 0 Å². The van der Waals surface area contributed by atoms with Crippen molar-refractivity contribution in [2.45, 2.75) is 42.7 Å². The van der Waals surface area contributed by atoms with Gasteiger partial charge in [0.05, 0.1) is 0 Å². The van der Waals surface area contributed by atoms with E-state index in [1.807, 2.05) is 0 Å². The average molecular weight is 299 g/mol. The first-order valence-electron chi connectivity index (χ1n) is 6.12. The number of hydrogen-bond acceptors (Lipinski definition) is 1. The van der Waals surface area contributed by atoms with E-state index in [0.29, 0.717) is 21.4 Å². The van der Waals surface area contributed by atoms with E-state index in [1.165, 1.54) is 29.0 Å². The molecule has 0 aromatic heterocycles. The van der Waals surface area contributed by atoms with Gasteiger partial charge in [-0.3, -0.25) is 0 Å². The van der Waals surface area contributed by atoms with Crippen molar-refractivity contribution >= 4 is 20.9 Å². The van der Waals surface area contributed by atoms with Crippen LogP contribution in [0.15, 0.2) is 30.3 Å². The van der Waals surface area contributed by atoms with Gasteiger partial charge in [-0.05, 0) is 0 Å². The molecule has 0 aliphatic heterocycles. The average Bonchev–Trinajstić information content (AvgIpc) is 2.33. The van der Waals surface area contributed by atoms with Gasteiger partial charge in [0, 0.05) is 0 Å². The Morgan fingerprint density at radius 3 is 2.47 bits per heavy atom. The van der Waals surface area contributed by atoms with Gasteiger partial charge in [0.2, 0.25) is 0 Å². The van der Waals surface area contributed by atoms with Gasteiger partial charge in [-0.15, -0.1) is 0 Å². The van der Waals surface area contributed by atoms with Crippen LogP contribution in [0.1, 0.15) is 37.7 Å². The van der Waals surface area contributed by atoms with Crippen molar-refractivity contribution in [1.82, 2.24) is 0 Å². The Bertz CT molecular complexity index is 311.